The van der Waals surface area contributed by atoms with Crippen LogP contribution in [0.3, 0.4) is 0 Å². The molecule has 0 unspecified atom stereocenters. The normalized spacial score (nSPS) is 11.1. The Morgan fingerprint density at radius 1 is 1.39 bits per heavy atom. The second-order valence-corrected chi connectivity index (χ2v) is 4.67. The summed E-state index contributed by atoms with van der Waals surface area (Å²) in [6.45, 7) is -2.59. The van der Waals surface area contributed by atoms with E-state index < -0.39 is 6.55 Å². The Morgan fingerprint density at radius 3 is 2.94 bits per heavy atom. The maximum Gasteiger partial charge on any atom is 0.319 e. The predicted octanol–water partition coefficient (Wildman–Crippen LogP) is 3.06. The summed E-state index contributed by atoms with van der Waals surface area (Å²) in [6.07, 6.45) is 2.64. The van der Waals surface area contributed by atoms with Crippen LogP contribution in [0.2, 0.25) is 0 Å². The number of hydrogen-bond acceptors (Lipinski definition) is 3. The van der Waals surface area contributed by atoms with E-state index in [2.05, 4.69) is 4.98 Å². The Balaban J connectivity index is 2.04. The Labute approximate surface area is 107 Å². The van der Waals surface area contributed by atoms with Crippen LogP contribution in [0.1, 0.15) is 17.9 Å². The monoisotopic (exact) mass is 270 g/mol. The number of hydrogen-bond donors (Lipinski definition) is 1. The maximum absolute atomic E-state index is 12.6. The van der Waals surface area contributed by atoms with Crippen LogP contribution in [-0.4, -0.2) is 14.7 Å². The van der Waals surface area contributed by atoms with Gasteiger partial charge in [0.2, 0.25) is 0 Å². The second-order valence-electron chi connectivity index (χ2n) is 3.62. The van der Waals surface area contributed by atoms with Gasteiger partial charge in [0.05, 0.1) is 12.4 Å². The molecule has 3 nitrogen and oxygen atoms in total. The molecule has 0 fully saturated rings. The molecule has 0 saturated carbocycles. The molecular formula is C12H12F2N2OS. The summed E-state index contributed by atoms with van der Waals surface area (Å²) >= 11 is 1.41. The van der Waals surface area contributed by atoms with Gasteiger partial charge in [0, 0.05) is 17.3 Å². The number of aromatic nitrogens is 2. The lowest BCUT2D eigenvalue weighted by Gasteiger charge is -2.06. The quantitative estimate of drug-likeness (QED) is 0.849. The molecule has 2 aromatic rings. The first-order valence-electron chi connectivity index (χ1n) is 5.33. The topological polar surface area (TPSA) is 38.1 Å². The van der Waals surface area contributed by atoms with Gasteiger partial charge >= 0.3 is 6.55 Å². The van der Waals surface area contributed by atoms with Gasteiger partial charge in [-0.05, 0) is 17.7 Å². The molecule has 0 spiro atoms. The number of alkyl halides is 2. The van der Waals surface area contributed by atoms with Crippen molar-refractivity contribution in [1.82, 2.24) is 9.55 Å². The van der Waals surface area contributed by atoms with Crippen molar-refractivity contribution < 1.29 is 13.9 Å². The minimum absolute atomic E-state index is 0.0277. The summed E-state index contributed by atoms with van der Waals surface area (Å²) in [5.74, 6) is 0.705. The lowest BCUT2D eigenvalue weighted by molar-refractivity contribution is 0.0678. The largest absolute Gasteiger partial charge is 0.392 e. The van der Waals surface area contributed by atoms with E-state index in [0.29, 0.717) is 11.6 Å². The smallest absolute Gasteiger partial charge is 0.319 e. The molecule has 0 saturated heterocycles. The highest BCUT2D eigenvalue weighted by Crippen LogP contribution is 2.24. The lowest BCUT2D eigenvalue weighted by atomic mass is 10.2. The number of nitrogens with zero attached hydrogens (tertiary/aromatic N) is 2. The number of halogens is 2. The molecule has 0 amide bonds. The Kier molecular flexibility index (Phi) is 4.33. The van der Waals surface area contributed by atoms with Crippen LogP contribution >= 0.6 is 11.8 Å². The minimum Gasteiger partial charge on any atom is -0.392 e. The van der Waals surface area contributed by atoms with E-state index in [9.17, 15) is 8.78 Å². The van der Waals surface area contributed by atoms with Gasteiger partial charge in [-0.25, -0.2) is 4.98 Å². The molecule has 6 heteroatoms. The molecule has 0 radical (unpaired) electrons. The van der Waals surface area contributed by atoms with Gasteiger partial charge in [-0.2, -0.15) is 8.78 Å². The fourth-order valence-corrected chi connectivity index (χ4v) is 2.44. The number of benzene rings is 1. The van der Waals surface area contributed by atoms with Gasteiger partial charge in [0.25, 0.3) is 0 Å². The fraction of sp³-hybridized carbons (Fsp3) is 0.250. The lowest BCUT2D eigenvalue weighted by Crippen LogP contribution is -2.02. The van der Waals surface area contributed by atoms with Crippen molar-refractivity contribution in [2.75, 3.05) is 0 Å². The fourth-order valence-electron chi connectivity index (χ4n) is 1.51. The highest BCUT2D eigenvalue weighted by molar-refractivity contribution is 7.98. The Bertz CT molecular complexity index is 516. The van der Waals surface area contributed by atoms with Crippen LogP contribution in [0.15, 0.2) is 41.6 Å². The first-order chi connectivity index (χ1) is 8.70. The third kappa shape index (κ3) is 3.08. The molecule has 1 aromatic heterocycles. The average Bonchev–Trinajstić information content (AvgIpc) is 2.85. The highest BCUT2D eigenvalue weighted by atomic mass is 32.2. The number of rotatable bonds is 5. The van der Waals surface area contributed by atoms with Gasteiger partial charge < -0.3 is 5.11 Å². The van der Waals surface area contributed by atoms with Crippen LogP contribution < -0.4 is 0 Å². The Hall–Kier alpha value is -1.40. The van der Waals surface area contributed by atoms with Crippen LogP contribution in [0.25, 0.3) is 0 Å². The summed E-state index contributed by atoms with van der Waals surface area (Å²) < 4.78 is 26.0. The van der Waals surface area contributed by atoms with Gasteiger partial charge in [-0.15, -0.1) is 11.8 Å². The molecule has 1 heterocycles. The molecule has 0 bridgehead atoms. The van der Waals surface area contributed by atoms with E-state index in [4.69, 9.17) is 5.11 Å². The van der Waals surface area contributed by atoms with E-state index in [1.807, 2.05) is 24.3 Å². The number of thioether (sulfide) groups is 1. The van der Waals surface area contributed by atoms with Gasteiger partial charge in [-0.1, -0.05) is 12.1 Å². The van der Waals surface area contributed by atoms with Crippen molar-refractivity contribution in [2.45, 2.75) is 23.8 Å². The number of aliphatic hydroxyl groups excluding tert-OH is 1. The van der Waals surface area contributed by atoms with Crippen molar-refractivity contribution in [2.24, 2.45) is 0 Å². The van der Waals surface area contributed by atoms with Crippen molar-refractivity contribution >= 4 is 11.8 Å². The third-order valence-electron chi connectivity index (χ3n) is 2.41. The first-order valence-corrected chi connectivity index (χ1v) is 6.31. The number of aliphatic hydroxyl groups is 1. The second kappa shape index (κ2) is 5.97. The van der Waals surface area contributed by atoms with Gasteiger partial charge in [-0.3, -0.25) is 4.57 Å². The molecule has 0 aliphatic rings. The first kappa shape index (κ1) is 13.0. The zero-order valence-corrected chi connectivity index (χ0v) is 10.3. The summed E-state index contributed by atoms with van der Waals surface area (Å²) in [4.78, 5) is 4.83. The average molecular weight is 270 g/mol. The molecule has 96 valence electrons. The zero-order valence-electron chi connectivity index (χ0n) is 9.46. The molecule has 0 aliphatic carbocycles. The van der Waals surface area contributed by atoms with E-state index in [0.717, 1.165) is 15.0 Å². The standard InChI is InChI=1S/C12H12F2N2OS/c13-12(14)16-5-4-15-11(16)8-18-10-3-1-2-9(6-10)7-17/h1-6,12,17H,7-8H2. The third-order valence-corrected chi connectivity index (χ3v) is 3.40. The highest BCUT2D eigenvalue weighted by Gasteiger charge is 2.11. The van der Waals surface area contributed by atoms with Crippen LogP contribution in [0, 0.1) is 0 Å². The minimum atomic E-state index is -2.56. The van der Waals surface area contributed by atoms with E-state index in [1.54, 1.807) is 0 Å². The van der Waals surface area contributed by atoms with Crippen molar-refractivity contribution in [3.63, 3.8) is 0 Å². The van der Waals surface area contributed by atoms with Gasteiger partial charge in [0.1, 0.15) is 5.82 Å². The van der Waals surface area contributed by atoms with E-state index in [1.165, 1.54) is 24.2 Å². The van der Waals surface area contributed by atoms with Crippen molar-refractivity contribution in [3.05, 3.63) is 48.0 Å². The number of imidazole rings is 1. The van der Waals surface area contributed by atoms with Crippen molar-refractivity contribution in [1.29, 1.82) is 0 Å². The zero-order chi connectivity index (χ0) is 13.0. The molecule has 1 aromatic carbocycles. The van der Waals surface area contributed by atoms with Crippen molar-refractivity contribution in [3.8, 4) is 0 Å². The SMILES string of the molecule is OCc1cccc(SCc2nccn2C(F)F)c1. The predicted molar refractivity (Wildman–Crippen MR) is 65.4 cm³/mol. The van der Waals surface area contributed by atoms with Crippen LogP contribution in [-0.2, 0) is 12.4 Å². The molecular weight excluding hydrogens is 258 g/mol. The van der Waals surface area contributed by atoms with Crippen LogP contribution in [0.4, 0.5) is 8.78 Å². The van der Waals surface area contributed by atoms with E-state index >= 15 is 0 Å². The molecule has 1 N–H and O–H groups in total. The molecule has 2 rings (SSSR count). The summed E-state index contributed by atoms with van der Waals surface area (Å²) in [5, 5.41) is 9.01. The maximum atomic E-state index is 12.6. The summed E-state index contributed by atoms with van der Waals surface area (Å²) in [5.41, 5.74) is 0.803. The molecule has 18 heavy (non-hydrogen) atoms. The molecule has 0 atom stereocenters. The Morgan fingerprint density at radius 2 is 2.22 bits per heavy atom. The summed E-state index contributed by atoms with van der Waals surface area (Å²) in [7, 11) is 0. The van der Waals surface area contributed by atoms with E-state index in [-0.39, 0.29) is 6.61 Å². The van der Waals surface area contributed by atoms with Crippen LogP contribution in [0.5, 0.6) is 0 Å². The van der Waals surface area contributed by atoms with Gasteiger partial charge in [0.15, 0.2) is 0 Å². The summed E-state index contributed by atoms with van der Waals surface area (Å²) in [6, 6.07) is 7.34. The molecule has 0 aliphatic heterocycles.